The monoisotopic (exact) mass is 322 g/mol. The zero-order chi connectivity index (χ0) is 13.7. The zero-order valence-corrected chi connectivity index (χ0v) is 11.4. The lowest BCUT2D eigenvalue weighted by atomic mass is 10.2. The highest BCUT2D eigenvalue weighted by Gasteiger charge is 2.11. The molecular weight excluding hydrogens is 312 g/mol. The Hall–Kier alpha value is -2.15. The molecule has 0 saturated heterocycles. The summed E-state index contributed by atoms with van der Waals surface area (Å²) in [5.41, 5.74) is 6.67. The van der Waals surface area contributed by atoms with Crippen LogP contribution in [0.1, 0.15) is 11.3 Å². The molecule has 0 spiro atoms. The van der Waals surface area contributed by atoms with E-state index in [2.05, 4.69) is 31.1 Å². The van der Waals surface area contributed by atoms with Crippen molar-refractivity contribution in [2.45, 2.75) is 6.61 Å². The largest absolute Gasteiger partial charge is 0.471 e. The predicted octanol–water partition coefficient (Wildman–Crippen LogP) is 1.91. The first-order valence-electron chi connectivity index (χ1n) is 5.37. The zero-order valence-electron chi connectivity index (χ0n) is 9.82. The van der Waals surface area contributed by atoms with E-state index in [1.165, 1.54) is 12.4 Å². The lowest BCUT2D eigenvalue weighted by Crippen LogP contribution is -2.17. The number of hydrogen-bond acceptors (Lipinski definition) is 5. The second-order valence-electron chi connectivity index (χ2n) is 3.61. The van der Waals surface area contributed by atoms with Gasteiger partial charge in [0, 0.05) is 16.9 Å². The highest BCUT2D eigenvalue weighted by atomic mass is 79.9. The summed E-state index contributed by atoms with van der Waals surface area (Å²) in [4.78, 5) is 7.98. The number of aromatic nitrogens is 2. The molecule has 0 aliphatic rings. The Kier molecular flexibility index (Phi) is 4.30. The number of amidine groups is 1. The summed E-state index contributed by atoms with van der Waals surface area (Å²) in [6.07, 6.45) is 2.92. The smallest absolute Gasteiger partial charge is 0.244 e. The highest BCUT2D eigenvalue weighted by Crippen LogP contribution is 2.16. The van der Waals surface area contributed by atoms with Gasteiger partial charge in [-0.25, -0.2) is 9.97 Å². The van der Waals surface area contributed by atoms with Gasteiger partial charge in [0.25, 0.3) is 0 Å². The first kappa shape index (κ1) is 13.3. The molecule has 6 nitrogen and oxygen atoms in total. The molecule has 0 bridgehead atoms. The number of hydrogen-bond donors (Lipinski definition) is 2. The summed E-state index contributed by atoms with van der Waals surface area (Å²) in [5.74, 6) is 0.0788. The number of rotatable bonds is 4. The number of oxime groups is 1. The van der Waals surface area contributed by atoms with Crippen LogP contribution in [0.15, 0.2) is 46.3 Å². The average molecular weight is 323 g/mol. The van der Waals surface area contributed by atoms with E-state index in [0.29, 0.717) is 6.61 Å². The van der Waals surface area contributed by atoms with Crippen molar-refractivity contribution in [1.82, 2.24) is 9.97 Å². The van der Waals surface area contributed by atoms with Gasteiger partial charge in [-0.1, -0.05) is 33.2 Å². The van der Waals surface area contributed by atoms with Gasteiger partial charge in [-0.2, -0.15) is 0 Å². The van der Waals surface area contributed by atoms with Gasteiger partial charge in [0.1, 0.15) is 6.61 Å². The summed E-state index contributed by atoms with van der Waals surface area (Å²) in [6.45, 7) is 0.309. The summed E-state index contributed by atoms with van der Waals surface area (Å²) >= 11 is 3.38. The molecule has 0 saturated carbocycles. The van der Waals surface area contributed by atoms with Crippen LogP contribution in [0.25, 0.3) is 0 Å². The fourth-order valence-electron chi connectivity index (χ4n) is 1.43. The Balaban J connectivity index is 2.16. The van der Waals surface area contributed by atoms with E-state index in [1.807, 2.05) is 24.3 Å². The maximum atomic E-state index is 8.67. The molecule has 0 fully saturated rings. The van der Waals surface area contributed by atoms with E-state index < -0.39 is 0 Å². The van der Waals surface area contributed by atoms with Crippen molar-refractivity contribution in [3.05, 3.63) is 52.4 Å². The summed E-state index contributed by atoms with van der Waals surface area (Å²) < 4.78 is 6.50. The third kappa shape index (κ3) is 3.41. The van der Waals surface area contributed by atoms with Gasteiger partial charge >= 0.3 is 0 Å². The van der Waals surface area contributed by atoms with Crippen LogP contribution in [0.5, 0.6) is 5.88 Å². The van der Waals surface area contributed by atoms with Crippen molar-refractivity contribution in [2.75, 3.05) is 0 Å². The Labute approximate surface area is 118 Å². The number of halogens is 1. The Morgan fingerprint density at radius 2 is 2.16 bits per heavy atom. The lowest BCUT2D eigenvalue weighted by Gasteiger charge is -2.08. The molecule has 19 heavy (non-hydrogen) atoms. The van der Waals surface area contributed by atoms with Crippen LogP contribution in [-0.2, 0) is 6.61 Å². The van der Waals surface area contributed by atoms with Gasteiger partial charge in [-0.3, -0.25) is 0 Å². The van der Waals surface area contributed by atoms with Crippen molar-refractivity contribution in [3.8, 4) is 5.88 Å². The minimum Gasteiger partial charge on any atom is -0.471 e. The van der Waals surface area contributed by atoms with Gasteiger partial charge in [-0.05, 0) is 17.7 Å². The third-order valence-electron chi connectivity index (χ3n) is 2.28. The molecule has 0 aliphatic carbocycles. The van der Waals surface area contributed by atoms with Crippen LogP contribution in [0, 0.1) is 0 Å². The normalized spacial score (nSPS) is 11.3. The molecule has 98 valence electrons. The van der Waals surface area contributed by atoms with Crippen LogP contribution in [0.4, 0.5) is 0 Å². The van der Waals surface area contributed by atoms with Gasteiger partial charge < -0.3 is 15.7 Å². The predicted molar refractivity (Wildman–Crippen MR) is 73.0 cm³/mol. The first-order chi connectivity index (χ1) is 9.20. The molecule has 1 aromatic carbocycles. The van der Waals surface area contributed by atoms with E-state index in [1.54, 1.807) is 0 Å². The number of nitrogens with two attached hydrogens (primary N) is 1. The van der Waals surface area contributed by atoms with E-state index in [4.69, 9.17) is 15.7 Å². The van der Waals surface area contributed by atoms with E-state index >= 15 is 0 Å². The molecule has 0 radical (unpaired) electrons. The summed E-state index contributed by atoms with van der Waals surface area (Å²) in [5, 5.41) is 11.6. The molecule has 0 atom stereocenters. The van der Waals surface area contributed by atoms with Crippen molar-refractivity contribution in [1.29, 1.82) is 0 Å². The minimum atomic E-state index is -0.141. The first-order valence-corrected chi connectivity index (χ1v) is 6.16. The molecule has 0 amide bonds. The fourth-order valence-corrected chi connectivity index (χ4v) is 1.88. The van der Waals surface area contributed by atoms with Gasteiger partial charge in [0.2, 0.25) is 5.88 Å². The second kappa shape index (κ2) is 6.14. The third-order valence-corrected chi connectivity index (χ3v) is 2.77. The van der Waals surface area contributed by atoms with Crippen molar-refractivity contribution in [3.63, 3.8) is 0 Å². The molecular formula is C12H11BrN4O2. The molecule has 2 aromatic rings. The van der Waals surface area contributed by atoms with Gasteiger partial charge in [-0.15, -0.1) is 0 Å². The second-order valence-corrected chi connectivity index (χ2v) is 4.53. The molecule has 1 aromatic heterocycles. The van der Waals surface area contributed by atoms with Gasteiger partial charge in [0.15, 0.2) is 11.5 Å². The van der Waals surface area contributed by atoms with Crippen molar-refractivity contribution in [2.24, 2.45) is 10.9 Å². The van der Waals surface area contributed by atoms with E-state index in [-0.39, 0.29) is 17.4 Å². The molecule has 3 N–H and O–H groups in total. The number of benzene rings is 1. The molecule has 7 heteroatoms. The van der Waals surface area contributed by atoms with Crippen LogP contribution >= 0.6 is 15.9 Å². The van der Waals surface area contributed by atoms with Gasteiger partial charge in [0.05, 0.1) is 0 Å². The summed E-state index contributed by atoms with van der Waals surface area (Å²) in [6, 6.07) is 7.68. The van der Waals surface area contributed by atoms with Crippen molar-refractivity contribution >= 4 is 21.8 Å². The standard InChI is InChI=1S/C12H11BrN4O2/c13-9-3-1-2-8(6-9)7-19-12-10(11(14)17-18)15-4-5-16-12/h1-6,18H,7H2,(H2,14,17). The van der Waals surface area contributed by atoms with Crippen molar-refractivity contribution < 1.29 is 9.94 Å². The maximum Gasteiger partial charge on any atom is 0.244 e. The maximum absolute atomic E-state index is 8.67. The summed E-state index contributed by atoms with van der Waals surface area (Å²) in [7, 11) is 0. The molecule has 1 heterocycles. The number of ether oxygens (including phenoxy) is 1. The number of nitrogens with zero attached hydrogens (tertiary/aromatic N) is 3. The Morgan fingerprint density at radius 3 is 2.89 bits per heavy atom. The average Bonchev–Trinajstić information content (AvgIpc) is 2.45. The molecule has 0 unspecified atom stereocenters. The van der Waals surface area contributed by atoms with E-state index in [0.717, 1.165) is 10.0 Å². The quantitative estimate of drug-likeness (QED) is 0.388. The SMILES string of the molecule is N/C(=N/O)c1nccnc1OCc1cccc(Br)c1. The highest BCUT2D eigenvalue weighted by molar-refractivity contribution is 9.10. The lowest BCUT2D eigenvalue weighted by molar-refractivity contribution is 0.290. The Morgan fingerprint density at radius 1 is 1.37 bits per heavy atom. The molecule has 2 rings (SSSR count). The Bertz CT molecular complexity index is 604. The van der Waals surface area contributed by atoms with E-state index in [9.17, 15) is 0 Å². The van der Waals surface area contributed by atoms with Crippen LogP contribution in [0.3, 0.4) is 0 Å². The van der Waals surface area contributed by atoms with Crippen LogP contribution < -0.4 is 10.5 Å². The molecule has 0 aliphatic heterocycles. The topological polar surface area (TPSA) is 93.6 Å². The van der Waals surface area contributed by atoms with Crippen LogP contribution in [0.2, 0.25) is 0 Å². The minimum absolute atomic E-state index is 0.141. The fraction of sp³-hybridized carbons (Fsp3) is 0.0833. The van der Waals surface area contributed by atoms with Crippen LogP contribution in [-0.4, -0.2) is 21.0 Å².